The van der Waals surface area contributed by atoms with E-state index >= 15 is 0 Å². The van der Waals surface area contributed by atoms with Gasteiger partial charge in [0, 0.05) is 13.1 Å². The summed E-state index contributed by atoms with van der Waals surface area (Å²) in [4.78, 5) is 17.4. The summed E-state index contributed by atoms with van der Waals surface area (Å²) in [7, 11) is 0. The Morgan fingerprint density at radius 2 is 1.73 bits per heavy atom. The van der Waals surface area contributed by atoms with Gasteiger partial charge >= 0.3 is 12.1 Å². The summed E-state index contributed by atoms with van der Waals surface area (Å²) in [6, 6.07) is 5.26. The van der Waals surface area contributed by atoms with Crippen LogP contribution in [0.3, 0.4) is 0 Å². The number of piperidine rings is 1. The van der Waals surface area contributed by atoms with E-state index in [1.807, 2.05) is 0 Å². The first-order chi connectivity index (χ1) is 12.0. The molecular formula is C19H27F3N2O2. The van der Waals surface area contributed by atoms with Crippen molar-refractivity contribution in [3.63, 3.8) is 0 Å². The molecular weight excluding hydrogens is 345 g/mol. The first-order valence-corrected chi connectivity index (χ1v) is 8.87. The molecule has 1 atom stereocenters. The van der Waals surface area contributed by atoms with Crippen molar-refractivity contribution >= 4 is 5.97 Å². The number of alkyl halides is 3. The van der Waals surface area contributed by atoms with Crippen molar-refractivity contribution in [2.45, 2.75) is 45.7 Å². The van der Waals surface area contributed by atoms with Gasteiger partial charge in [0.1, 0.15) is 0 Å². The highest BCUT2D eigenvalue weighted by molar-refractivity contribution is 5.75. The lowest BCUT2D eigenvalue weighted by Crippen LogP contribution is -2.40. The standard InChI is InChI=1S/C19H27F3N2O2/c1-18(2,3)17(25)26-24-10-8-14(9-11-24)16(12-23)13-4-6-15(7-5-13)19(20,21)22/h4-7,14,16H,8-12,23H2,1-3H3. The predicted molar refractivity (Wildman–Crippen MR) is 93.1 cm³/mol. The number of carbonyl (C=O) groups is 1. The monoisotopic (exact) mass is 372 g/mol. The molecule has 1 aromatic rings. The van der Waals surface area contributed by atoms with Crippen molar-refractivity contribution < 1.29 is 22.8 Å². The maximum absolute atomic E-state index is 12.7. The summed E-state index contributed by atoms with van der Waals surface area (Å²) < 4.78 is 38.1. The van der Waals surface area contributed by atoms with Crippen molar-refractivity contribution in [1.29, 1.82) is 0 Å². The lowest BCUT2D eigenvalue weighted by atomic mass is 9.80. The fourth-order valence-electron chi connectivity index (χ4n) is 3.14. The van der Waals surface area contributed by atoms with E-state index in [9.17, 15) is 18.0 Å². The predicted octanol–water partition coefficient (Wildman–Crippen LogP) is 3.96. The fourth-order valence-corrected chi connectivity index (χ4v) is 3.14. The summed E-state index contributed by atoms with van der Waals surface area (Å²) in [6.07, 6.45) is -2.78. The van der Waals surface area contributed by atoms with Gasteiger partial charge in [-0.05, 0) is 69.7 Å². The van der Waals surface area contributed by atoms with Crippen LogP contribution in [-0.4, -0.2) is 30.7 Å². The molecule has 2 rings (SSSR count). The smallest absolute Gasteiger partial charge is 0.367 e. The molecule has 1 unspecified atom stereocenters. The second-order valence-corrected chi connectivity index (χ2v) is 7.86. The van der Waals surface area contributed by atoms with Gasteiger partial charge in [-0.1, -0.05) is 12.1 Å². The zero-order valence-electron chi connectivity index (χ0n) is 15.5. The Labute approximate surface area is 152 Å². The minimum absolute atomic E-state index is 0.00208. The molecule has 1 aliphatic rings. The number of nitrogens with two attached hydrogens (primary N) is 1. The summed E-state index contributed by atoms with van der Waals surface area (Å²) in [5.41, 5.74) is 5.52. The Hall–Kier alpha value is -1.60. The minimum Gasteiger partial charge on any atom is -0.367 e. The van der Waals surface area contributed by atoms with Gasteiger partial charge in [0.15, 0.2) is 0 Å². The molecule has 4 nitrogen and oxygen atoms in total. The van der Waals surface area contributed by atoms with Crippen LogP contribution in [0.5, 0.6) is 0 Å². The first-order valence-electron chi connectivity index (χ1n) is 8.87. The van der Waals surface area contributed by atoms with Crippen LogP contribution in [0.15, 0.2) is 24.3 Å². The quantitative estimate of drug-likeness (QED) is 0.869. The van der Waals surface area contributed by atoms with Gasteiger partial charge in [-0.25, -0.2) is 4.79 Å². The number of nitrogens with zero attached hydrogens (tertiary/aromatic N) is 1. The van der Waals surface area contributed by atoms with E-state index in [4.69, 9.17) is 10.6 Å². The second-order valence-electron chi connectivity index (χ2n) is 7.86. The van der Waals surface area contributed by atoms with E-state index in [1.54, 1.807) is 25.8 Å². The molecule has 0 saturated carbocycles. The molecule has 0 aliphatic carbocycles. The third-order valence-electron chi connectivity index (χ3n) is 4.81. The van der Waals surface area contributed by atoms with E-state index in [1.165, 1.54) is 12.1 Å². The molecule has 1 saturated heterocycles. The second kappa shape index (κ2) is 7.96. The van der Waals surface area contributed by atoms with E-state index in [2.05, 4.69) is 0 Å². The number of hydrogen-bond acceptors (Lipinski definition) is 4. The number of benzene rings is 1. The molecule has 2 N–H and O–H groups in total. The van der Waals surface area contributed by atoms with Crippen LogP contribution in [-0.2, 0) is 15.8 Å². The first kappa shape index (κ1) is 20.7. The Morgan fingerprint density at radius 1 is 1.19 bits per heavy atom. The van der Waals surface area contributed by atoms with Gasteiger partial charge in [-0.15, -0.1) is 5.06 Å². The van der Waals surface area contributed by atoms with E-state index in [0.29, 0.717) is 19.6 Å². The topological polar surface area (TPSA) is 55.6 Å². The Bertz CT molecular complexity index is 601. The summed E-state index contributed by atoms with van der Waals surface area (Å²) >= 11 is 0. The van der Waals surface area contributed by atoms with Crippen LogP contribution >= 0.6 is 0 Å². The largest absolute Gasteiger partial charge is 0.416 e. The number of hydroxylamine groups is 2. The number of carbonyl (C=O) groups excluding carboxylic acids is 1. The third-order valence-corrected chi connectivity index (χ3v) is 4.81. The molecule has 0 spiro atoms. The van der Waals surface area contributed by atoms with Crippen molar-refractivity contribution in [2.75, 3.05) is 19.6 Å². The fraction of sp³-hybridized carbons (Fsp3) is 0.632. The van der Waals surface area contributed by atoms with Gasteiger partial charge in [-0.2, -0.15) is 13.2 Å². The van der Waals surface area contributed by atoms with Crippen LogP contribution in [0.1, 0.15) is 50.7 Å². The van der Waals surface area contributed by atoms with Gasteiger partial charge in [-0.3, -0.25) is 0 Å². The Morgan fingerprint density at radius 3 is 2.15 bits per heavy atom. The van der Waals surface area contributed by atoms with E-state index < -0.39 is 17.2 Å². The maximum Gasteiger partial charge on any atom is 0.416 e. The Balaban J connectivity index is 1.97. The van der Waals surface area contributed by atoms with Crippen LogP contribution in [0.25, 0.3) is 0 Å². The van der Waals surface area contributed by atoms with Crippen LogP contribution in [0, 0.1) is 11.3 Å². The molecule has 1 fully saturated rings. The van der Waals surface area contributed by atoms with Crippen molar-refractivity contribution in [2.24, 2.45) is 17.1 Å². The van der Waals surface area contributed by atoms with Crippen LogP contribution in [0.2, 0.25) is 0 Å². The lowest BCUT2D eigenvalue weighted by molar-refractivity contribution is -0.206. The molecule has 1 aromatic carbocycles. The van der Waals surface area contributed by atoms with Crippen molar-refractivity contribution in [1.82, 2.24) is 5.06 Å². The highest BCUT2D eigenvalue weighted by atomic mass is 19.4. The van der Waals surface area contributed by atoms with Crippen molar-refractivity contribution in [3.05, 3.63) is 35.4 Å². The normalized spacial score (nSPS) is 18.6. The summed E-state index contributed by atoms with van der Waals surface area (Å²) in [5.74, 6) is -0.0202. The zero-order chi connectivity index (χ0) is 19.5. The van der Waals surface area contributed by atoms with Crippen molar-refractivity contribution in [3.8, 4) is 0 Å². The average Bonchev–Trinajstić information content (AvgIpc) is 2.56. The van der Waals surface area contributed by atoms with Gasteiger partial charge < -0.3 is 10.6 Å². The Kier molecular flexibility index (Phi) is 6.34. The zero-order valence-corrected chi connectivity index (χ0v) is 15.5. The van der Waals surface area contributed by atoms with E-state index in [-0.39, 0.29) is 17.8 Å². The molecule has 0 aromatic heterocycles. The molecule has 26 heavy (non-hydrogen) atoms. The third kappa shape index (κ3) is 5.20. The lowest BCUT2D eigenvalue weighted by Gasteiger charge is -2.35. The van der Waals surface area contributed by atoms with Gasteiger partial charge in [0.2, 0.25) is 0 Å². The number of rotatable bonds is 4. The molecule has 7 heteroatoms. The highest BCUT2D eigenvalue weighted by Gasteiger charge is 2.33. The maximum atomic E-state index is 12.7. The summed E-state index contributed by atoms with van der Waals surface area (Å²) in [5, 5.41) is 1.67. The SMILES string of the molecule is CC(C)(C)C(=O)ON1CCC(C(CN)c2ccc(C(F)(F)F)cc2)CC1. The molecule has 1 aliphatic heterocycles. The molecule has 0 bridgehead atoms. The van der Waals surface area contributed by atoms with Gasteiger partial charge in [0.25, 0.3) is 0 Å². The number of hydrogen-bond donors (Lipinski definition) is 1. The average molecular weight is 372 g/mol. The molecule has 146 valence electrons. The number of halogens is 3. The molecule has 0 radical (unpaired) electrons. The summed E-state index contributed by atoms with van der Waals surface area (Å²) in [6.45, 7) is 6.98. The van der Waals surface area contributed by atoms with E-state index in [0.717, 1.165) is 30.5 Å². The molecule has 1 heterocycles. The van der Waals surface area contributed by atoms with Crippen LogP contribution in [0.4, 0.5) is 13.2 Å². The van der Waals surface area contributed by atoms with Crippen LogP contribution < -0.4 is 5.73 Å². The highest BCUT2D eigenvalue weighted by Crippen LogP contribution is 2.35. The minimum atomic E-state index is -4.33. The molecule has 0 amide bonds. The van der Waals surface area contributed by atoms with Gasteiger partial charge in [0.05, 0.1) is 11.0 Å².